The van der Waals surface area contributed by atoms with Gasteiger partial charge < -0.3 is 5.11 Å². The van der Waals surface area contributed by atoms with Crippen LogP contribution in [0.25, 0.3) is 0 Å². The Labute approximate surface area is 104 Å². The summed E-state index contributed by atoms with van der Waals surface area (Å²) in [5, 5.41) is 12.2. The Morgan fingerprint density at radius 3 is 1.72 bits per heavy atom. The van der Waals surface area contributed by atoms with Crippen LogP contribution in [-0.2, 0) is 4.84 Å². The van der Waals surface area contributed by atoms with Gasteiger partial charge in [0.25, 0.3) is 0 Å². The van der Waals surface area contributed by atoms with Gasteiger partial charge in [0, 0.05) is 11.1 Å². The Hall–Kier alpha value is -2.62. The summed E-state index contributed by atoms with van der Waals surface area (Å²) in [6.07, 6.45) is -1.43. The van der Waals surface area contributed by atoms with E-state index < -0.39 is 6.16 Å². The first kappa shape index (κ1) is 11.9. The number of oxime groups is 1. The summed E-state index contributed by atoms with van der Waals surface area (Å²) in [6, 6.07) is 18.6. The summed E-state index contributed by atoms with van der Waals surface area (Å²) in [5.74, 6) is 0. The summed E-state index contributed by atoms with van der Waals surface area (Å²) in [5.41, 5.74) is 2.08. The number of benzene rings is 2. The molecule has 0 aliphatic carbocycles. The van der Waals surface area contributed by atoms with Crippen molar-refractivity contribution in [2.24, 2.45) is 5.16 Å². The number of rotatable bonds is 3. The summed E-state index contributed by atoms with van der Waals surface area (Å²) >= 11 is 0. The van der Waals surface area contributed by atoms with Crippen molar-refractivity contribution in [2.75, 3.05) is 0 Å². The standard InChI is InChI=1S/C14H11NO3/c16-14(17)18-15-13(11-7-3-1-4-8-11)12-9-5-2-6-10-12/h1-10H,(H,16,17). The van der Waals surface area contributed by atoms with Crippen molar-refractivity contribution in [1.29, 1.82) is 0 Å². The monoisotopic (exact) mass is 241 g/mol. The van der Waals surface area contributed by atoms with E-state index in [-0.39, 0.29) is 0 Å². The Morgan fingerprint density at radius 1 is 0.889 bits per heavy atom. The van der Waals surface area contributed by atoms with E-state index in [0.717, 1.165) is 11.1 Å². The van der Waals surface area contributed by atoms with Crippen LogP contribution in [0.15, 0.2) is 65.8 Å². The van der Waals surface area contributed by atoms with Crippen molar-refractivity contribution in [2.45, 2.75) is 0 Å². The van der Waals surface area contributed by atoms with Gasteiger partial charge in [-0.2, -0.15) is 0 Å². The second kappa shape index (κ2) is 5.63. The molecule has 0 aliphatic rings. The fourth-order valence-corrected chi connectivity index (χ4v) is 1.55. The van der Waals surface area contributed by atoms with Crippen molar-refractivity contribution in [3.8, 4) is 0 Å². The third-order valence-electron chi connectivity index (χ3n) is 2.31. The highest BCUT2D eigenvalue weighted by atomic mass is 16.7. The van der Waals surface area contributed by atoms with Crippen molar-refractivity contribution < 1.29 is 14.7 Å². The zero-order valence-corrected chi connectivity index (χ0v) is 9.48. The minimum atomic E-state index is -1.43. The largest absolute Gasteiger partial charge is 0.532 e. The molecular weight excluding hydrogens is 230 g/mol. The number of nitrogens with zero attached hydrogens (tertiary/aromatic N) is 1. The van der Waals surface area contributed by atoms with Crippen LogP contribution in [0.1, 0.15) is 11.1 Å². The van der Waals surface area contributed by atoms with E-state index in [4.69, 9.17) is 5.11 Å². The van der Waals surface area contributed by atoms with E-state index >= 15 is 0 Å². The minimum absolute atomic E-state index is 0.485. The van der Waals surface area contributed by atoms with Gasteiger partial charge in [0.15, 0.2) is 0 Å². The SMILES string of the molecule is O=C(O)ON=C(c1ccccc1)c1ccccc1. The molecule has 0 amide bonds. The van der Waals surface area contributed by atoms with Crippen LogP contribution in [-0.4, -0.2) is 17.0 Å². The molecule has 0 spiro atoms. The maximum atomic E-state index is 10.4. The van der Waals surface area contributed by atoms with Crippen LogP contribution >= 0.6 is 0 Å². The van der Waals surface area contributed by atoms with E-state index in [1.807, 2.05) is 60.7 Å². The lowest BCUT2D eigenvalue weighted by molar-refractivity contribution is 0.0949. The number of carbonyl (C=O) groups is 1. The zero-order chi connectivity index (χ0) is 12.8. The fourth-order valence-electron chi connectivity index (χ4n) is 1.55. The lowest BCUT2D eigenvalue weighted by atomic mass is 10.0. The Balaban J connectivity index is 2.42. The lowest BCUT2D eigenvalue weighted by Crippen LogP contribution is -2.06. The summed E-state index contributed by atoms with van der Waals surface area (Å²) in [4.78, 5) is 14.8. The normalized spacial score (nSPS) is 9.56. The smallest absolute Gasteiger partial charge is 0.448 e. The van der Waals surface area contributed by atoms with Gasteiger partial charge in [-0.3, -0.25) is 4.84 Å². The number of carboxylic acid groups (broad SMARTS) is 1. The summed E-state index contributed by atoms with van der Waals surface area (Å²) < 4.78 is 0. The maximum Gasteiger partial charge on any atom is 0.532 e. The molecule has 4 nitrogen and oxygen atoms in total. The lowest BCUT2D eigenvalue weighted by Gasteiger charge is -2.05. The highest BCUT2D eigenvalue weighted by Gasteiger charge is 2.08. The van der Waals surface area contributed by atoms with E-state index in [1.54, 1.807) is 0 Å². The molecule has 0 fully saturated rings. The summed E-state index contributed by atoms with van der Waals surface area (Å²) in [6.45, 7) is 0. The van der Waals surface area contributed by atoms with Gasteiger partial charge in [0.05, 0.1) is 0 Å². The molecule has 0 unspecified atom stereocenters. The molecule has 0 saturated carbocycles. The van der Waals surface area contributed by atoms with Crippen LogP contribution in [0.2, 0.25) is 0 Å². The van der Waals surface area contributed by atoms with Gasteiger partial charge in [-0.15, -0.1) is 0 Å². The molecule has 2 aromatic rings. The third-order valence-corrected chi connectivity index (χ3v) is 2.31. The predicted molar refractivity (Wildman–Crippen MR) is 67.6 cm³/mol. The van der Waals surface area contributed by atoms with Crippen molar-refractivity contribution >= 4 is 11.9 Å². The Bertz CT molecular complexity index is 508. The molecule has 0 bridgehead atoms. The van der Waals surface area contributed by atoms with E-state index in [0.29, 0.717) is 5.71 Å². The molecule has 0 saturated heterocycles. The number of hydrogen-bond donors (Lipinski definition) is 1. The molecule has 1 N–H and O–H groups in total. The Morgan fingerprint density at radius 2 is 1.33 bits per heavy atom. The van der Waals surface area contributed by atoms with E-state index in [1.165, 1.54) is 0 Å². The van der Waals surface area contributed by atoms with Crippen LogP contribution in [0.5, 0.6) is 0 Å². The summed E-state index contributed by atoms with van der Waals surface area (Å²) in [7, 11) is 0. The molecular formula is C14H11NO3. The van der Waals surface area contributed by atoms with Crippen molar-refractivity contribution in [3.05, 3.63) is 71.8 Å². The molecule has 4 heteroatoms. The van der Waals surface area contributed by atoms with Gasteiger partial charge in [-0.25, -0.2) is 4.79 Å². The predicted octanol–water partition coefficient (Wildman–Crippen LogP) is 3.13. The van der Waals surface area contributed by atoms with E-state index in [9.17, 15) is 4.79 Å². The molecule has 0 radical (unpaired) electrons. The van der Waals surface area contributed by atoms with Gasteiger partial charge >= 0.3 is 6.16 Å². The highest BCUT2D eigenvalue weighted by molar-refractivity contribution is 6.12. The first-order valence-corrected chi connectivity index (χ1v) is 5.36. The molecule has 2 aromatic carbocycles. The average molecular weight is 241 g/mol. The number of hydrogen-bond acceptors (Lipinski definition) is 3. The van der Waals surface area contributed by atoms with Gasteiger partial charge in [0.1, 0.15) is 5.71 Å². The first-order valence-electron chi connectivity index (χ1n) is 5.36. The van der Waals surface area contributed by atoms with Gasteiger partial charge in [-0.05, 0) is 0 Å². The van der Waals surface area contributed by atoms with E-state index in [2.05, 4.69) is 9.99 Å². The average Bonchev–Trinajstić information content (AvgIpc) is 2.41. The Kier molecular flexibility index (Phi) is 3.71. The molecule has 0 aliphatic heterocycles. The topological polar surface area (TPSA) is 58.9 Å². The van der Waals surface area contributed by atoms with Crippen LogP contribution in [0, 0.1) is 0 Å². The molecule has 90 valence electrons. The second-order valence-electron chi connectivity index (χ2n) is 3.53. The van der Waals surface area contributed by atoms with Crippen LogP contribution in [0.3, 0.4) is 0 Å². The van der Waals surface area contributed by atoms with Crippen LogP contribution in [0.4, 0.5) is 4.79 Å². The highest BCUT2D eigenvalue weighted by Crippen LogP contribution is 2.11. The quantitative estimate of drug-likeness (QED) is 0.510. The third kappa shape index (κ3) is 2.95. The minimum Gasteiger partial charge on any atom is -0.448 e. The molecule has 0 aromatic heterocycles. The van der Waals surface area contributed by atoms with Crippen LogP contribution < -0.4 is 0 Å². The molecule has 18 heavy (non-hydrogen) atoms. The molecule has 0 atom stereocenters. The second-order valence-corrected chi connectivity index (χ2v) is 3.53. The van der Waals surface area contributed by atoms with Gasteiger partial charge in [-0.1, -0.05) is 65.8 Å². The first-order chi connectivity index (χ1) is 8.77. The molecule has 0 heterocycles. The fraction of sp³-hybridized carbons (Fsp3) is 0. The van der Waals surface area contributed by atoms with Crippen molar-refractivity contribution in [3.63, 3.8) is 0 Å². The van der Waals surface area contributed by atoms with Gasteiger partial charge in [0.2, 0.25) is 0 Å². The van der Waals surface area contributed by atoms with Crippen molar-refractivity contribution in [1.82, 2.24) is 0 Å². The maximum absolute atomic E-state index is 10.4. The zero-order valence-electron chi connectivity index (χ0n) is 9.48. The molecule has 2 rings (SSSR count).